The highest BCUT2D eigenvalue weighted by atomic mass is 79.9. The molecule has 3 heteroatoms. The molecule has 0 spiro atoms. The molecular formula is C16H23BrFN. The van der Waals surface area contributed by atoms with E-state index < -0.39 is 0 Å². The number of benzene rings is 1. The van der Waals surface area contributed by atoms with Crippen LogP contribution in [0.4, 0.5) is 4.39 Å². The molecule has 0 aliphatic heterocycles. The summed E-state index contributed by atoms with van der Waals surface area (Å²) in [5, 5.41) is 3.46. The van der Waals surface area contributed by atoms with Crippen LogP contribution in [-0.2, 0) is 6.42 Å². The molecule has 0 radical (unpaired) electrons. The summed E-state index contributed by atoms with van der Waals surface area (Å²) in [6, 6.07) is 6.01. The summed E-state index contributed by atoms with van der Waals surface area (Å²) < 4.78 is 13.9. The molecular weight excluding hydrogens is 305 g/mol. The van der Waals surface area contributed by atoms with E-state index in [4.69, 9.17) is 0 Å². The van der Waals surface area contributed by atoms with E-state index in [9.17, 15) is 4.39 Å². The first-order chi connectivity index (χ1) is 9.13. The average molecular weight is 328 g/mol. The van der Waals surface area contributed by atoms with Gasteiger partial charge in [0.15, 0.2) is 0 Å². The van der Waals surface area contributed by atoms with Gasteiger partial charge in [-0.1, -0.05) is 19.4 Å². The van der Waals surface area contributed by atoms with Crippen molar-refractivity contribution in [1.29, 1.82) is 0 Å². The zero-order valence-electron chi connectivity index (χ0n) is 11.8. The Labute approximate surface area is 124 Å². The van der Waals surface area contributed by atoms with E-state index in [-0.39, 0.29) is 5.82 Å². The smallest absolute Gasteiger partial charge is 0.137 e. The number of rotatable bonds is 4. The minimum absolute atomic E-state index is 0.177. The van der Waals surface area contributed by atoms with Crippen molar-refractivity contribution < 1.29 is 4.39 Å². The first-order valence-corrected chi connectivity index (χ1v) is 8.04. The lowest BCUT2D eigenvalue weighted by molar-refractivity contribution is 0.205. The van der Waals surface area contributed by atoms with E-state index in [1.165, 1.54) is 31.2 Å². The summed E-state index contributed by atoms with van der Waals surface area (Å²) in [5.41, 5.74) is 1.23. The van der Waals surface area contributed by atoms with Crippen molar-refractivity contribution >= 4 is 15.9 Å². The molecule has 1 aliphatic rings. The van der Waals surface area contributed by atoms with Crippen molar-refractivity contribution in [3.8, 4) is 0 Å². The van der Waals surface area contributed by atoms with Gasteiger partial charge in [-0.05, 0) is 78.2 Å². The molecule has 0 amide bonds. The maximum Gasteiger partial charge on any atom is 0.137 e. The van der Waals surface area contributed by atoms with Crippen molar-refractivity contribution in [1.82, 2.24) is 5.32 Å². The van der Waals surface area contributed by atoms with Crippen LogP contribution in [-0.4, -0.2) is 13.1 Å². The highest BCUT2D eigenvalue weighted by molar-refractivity contribution is 9.10. The molecule has 106 valence electrons. The Bertz CT molecular complexity index is 421. The van der Waals surface area contributed by atoms with Gasteiger partial charge in [-0.2, -0.15) is 0 Å². The summed E-state index contributed by atoms with van der Waals surface area (Å²) in [6.45, 7) is 2.29. The Morgan fingerprint density at radius 1 is 1.37 bits per heavy atom. The van der Waals surface area contributed by atoms with E-state index in [0.29, 0.717) is 16.4 Å². The van der Waals surface area contributed by atoms with Gasteiger partial charge in [0.1, 0.15) is 5.82 Å². The number of hydrogen-bond donors (Lipinski definition) is 1. The van der Waals surface area contributed by atoms with Crippen molar-refractivity contribution in [2.45, 2.75) is 45.1 Å². The fourth-order valence-corrected chi connectivity index (χ4v) is 3.73. The molecule has 2 rings (SSSR count). The van der Waals surface area contributed by atoms with E-state index in [1.54, 1.807) is 6.07 Å². The Hall–Kier alpha value is -0.410. The molecule has 1 saturated carbocycles. The maximum atomic E-state index is 13.3. The van der Waals surface area contributed by atoms with E-state index in [2.05, 4.69) is 35.2 Å². The molecule has 1 nitrogen and oxygen atoms in total. The van der Waals surface area contributed by atoms with Gasteiger partial charge in [0, 0.05) is 6.04 Å². The van der Waals surface area contributed by atoms with Gasteiger partial charge in [-0.15, -0.1) is 0 Å². The summed E-state index contributed by atoms with van der Waals surface area (Å²) in [6.07, 6.45) is 6.21. The third-order valence-electron chi connectivity index (χ3n) is 4.52. The molecule has 1 N–H and O–H groups in total. The lowest BCUT2D eigenvalue weighted by atomic mass is 9.74. The van der Waals surface area contributed by atoms with Crippen molar-refractivity contribution in [3.63, 3.8) is 0 Å². The number of halogens is 2. The van der Waals surface area contributed by atoms with Crippen LogP contribution in [0.3, 0.4) is 0 Å². The maximum absolute atomic E-state index is 13.3. The summed E-state index contributed by atoms with van der Waals surface area (Å²) in [5.74, 6) is 1.35. The Kier molecular flexibility index (Phi) is 5.40. The summed E-state index contributed by atoms with van der Waals surface area (Å²) in [4.78, 5) is 0. The predicted octanol–water partition coefficient (Wildman–Crippen LogP) is 4.55. The highest BCUT2D eigenvalue weighted by Crippen LogP contribution is 2.33. The lowest BCUT2D eigenvalue weighted by Gasteiger charge is -2.36. The largest absolute Gasteiger partial charge is 0.317 e. The van der Waals surface area contributed by atoms with Crippen LogP contribution in [0, 0.1) is 17.7 Å². The molecule has 19 heavy (non-hydrogen) atoms. The Morgan fingerprint density at radius 3 is 2.79 bits per heavy atom. The van der Waals surface area contributed by atoms with Crippen molar-refractivity contribution in [2.75, 3.05) is 7.05 Å². The second-order valence-electron chi connectivity index (χ2n) is 5.70. The van der Waals surface area contributed by atoms with Gasteiger partial charge < -0.3 is 5.32 Å². The molecule has 1 aliphatic carbocycles. The molecule has 1 fully saturated rings. The van der Waals surface area contributed by atoms with Crippen molar-refractivity contribution in [2.24, 2.45) is 11.8 Å². The summed E-state index contributed by atoms with van der Waals surface area (Å²) >= 11 is 3.28. The van der Waals surface area contributed by atoms with Crippen LogP contribution in [0.2, 0.25) is 0 Å². The van der Waals surface area contributed by atoms with Gasteiger partial charge >= 0.3 is 0 Å². The minimum atomic E-state index is -0.177. The minimum Gasteiger partial charge on any atom is -0.317 e. The van der Waals surface area contributed by atoms with Crippen LogP contribution in [0.15, 0.2) is 22.7 Å². The van der Waals surface area contributed by atoms with Crippen LogP contribution >= 0.6 is 15.9 Å². The fourth-order valence-electron chi connectivity index (χ4n) is 3.31. The molecule has 1 aromatic carbocycles. The summed E-state index contributed by atoms with van der Waals surface area (Å²) in [7, 11) is 2.06. The third kappa shape index (κ3) is 3.79. The van der Waals surface area contributed by atoms with Gasteiger partial charge in [-0.3, -0.25) is 0 Å². The first-order valence-electron chi connectivity index (χ1n) is 7.25. The zero-order chi connectivity index (χ0) is 13.8. The lowest BCUT2D eigenvalue weighted by Crippen LogP contribution is -2.39. The van der Waals surface area contributed by atoms with Crippen LogP contribution in [0.5, 0.6) is 0 Å². The van der Waals surface area contributed by atoms with Crippen LogP contribution < -0.4 is 5.32 Å². The van der Waals surface area contributed by atoms with Gasteiger partial charge in [0.2, 0.25) is 0 Å². The van der Waals surface area contributed by atoms with E-state index in [1.807, 2.05) is 12.1 Å². The fraction of sp³-hybridized carbons (Fsp3) is 0.625. The number of nitrogens with one attached hydrogen (secondary N) is 1. The molecule has 3 atom stereocenters. The second kappa shape index (κ2) is 6.85. The average Bonchev–Trinajstić information content (AvgIpc) is 2.43. The predicted molar refractivity (Wildman–Crippen MR) is 81.8 cm³/mol. The SMILES string of the molecule is CCC1CCC(NC)C(Cc2ccc(F)c(Br)c2)C1. The van der Waals surface area contributed by atoms with Gasteiger partial charge in [-0.25, -0.2) is 4.39 Å². The van der Waals surface area contributed by atoms with Crippen LogP contribution in [0.1, 0.15) is 38.2 Å². The number of hydrogen-bond acceptors (Lipinski definition) is 1. The monoisotopic (exact) mass is 327 g/mol. The molecule has 0 saturated heterocycles. The molecule has 3 unspecified atom stereocenters. The Morgan fingerprint density at radius 2 is 2.16 bits per heavy atom. The topological polar surface area (TPSA) is 12.0 Å². The molecule has 0 bridgehead atoms. The molecule has 0 aromatic heterocycles. The standard InChI is InChI=1S/C16H23BrFN/c1-3-11-5-7-16(19-2)13(8-11)9-12-4-6-15(18)14(17)10-12/h4,6,10-11,13,16,19H,3,5,7-9H2,1-2H3. The van der Waals surface area contributed by atoms with Crippen LogP contribution in [0.25, 0.3) is 0 Å². The quantitative estimate of drug-likeness (QED) is 0.855. The Balaban J connectivity index is 2.07. The van der Waals surface area contributed by atoms with Gasteiger partial charge in [0.25, 0.3) is 0 Å². The van der Waals surface area contributed by atoms with E-state index >= 15 is 0 Å². The highest BCUT2D eigenvalue weighted by Gasteiger charge is 2.28. The molecule has 0 heterocycles. The first kappa shape index (κ1) is 15.0. The zero-order valence-corrected chi connectivity index (χ0v) is 13.3. The van der Waals surface area contributed by atoms with E-state index in [0.717, 1.165) is 12.3 Å². The van der Waals surface area contributed by atoms with Gasteiger partial charge in [0.05, 0.1) is 4.47 Å². The third-order valence-corrected chi connectivity index (χ3v) is 5.13. The molecule has 1 aromatic rings. The van der Waals surface area contributed by atoms with Crippen molar-refractivity contribution in [3.05, 3.63) is 34.1 Å². The second-order valence-corrected chi connectivity index (χ2v) is 6.55. The normalized spacial score (nSPS) is 27.5.